The Balaban J connectivity index is 1.50. The van der Waals surface area contributed by atoms with Gasteiger partial charge in [0.15, 0.2) is 0 Å². The zero-order valence-corrected chi connectivity index (χ0v) is 14.8. The predicted octanol–water partition coefficient (Wildman–Crippen LogP) is 0.519. The summed E-state index contributed by atoms with van der Waals surface area (Å²) >= 11 is 0. The average molecular weight is 348 g/mol. The molecule has 0 saturated carbocycles. The second-order valence-electron chi connectivity index (χ2n) is 7.67. The molecule has 0 aliphatic carbocycles. The Bertz CT molecular complexity index is 626. The second kappa shape index (κ2) is 7.05. The smallest absolute Gasteiger partial charge is 0.257 e. The molecular formula is C18H28N4O3. The van der Waals surface area contributed by atoms with E-state index in [9.17, 15) is 9.90 Å². The van der Waals surface area contributed by atoms with Gasteiger partial charge in [0.05, 0.1) is 37.2 Å². The van der Waals surface area contributed by atoms with Crippen molar-refractivity contribution in [3.8, 4) is 0 Å². The number of carbonyl (C=O) groups is 1. The zero-order valence-electron chi connectivity index (χ0n) is 14.8. The first-order valence-corrected chi connectivity index (χ1v) is 9.51. The maximum atomic E-state index is 13.1. The molecule has 3 aliphatic heterocycles. The molecule has 1 aromatic heterocycles. The number of rotatable bonds is 3. The largest absolute Gasteiger partial charge is 0.384 e. The van der Waals surface area contributed by atoms with Crippen molar-refractivity contribution in [3.63, 3.8) is 0 Å². The lowest BCUT2D eigenvalue weighted by molar-refractivity contribution is -0.0524. The molecule has 1 aromatic rings. The molecule has 1 amide bonds. The molecule has 2 saturated heterocycles. The standard InChI is InChI=1S/C18H28N4O3/c23-17(15-11-19-22-8-2-1-5-16(15)22)21-9-10-25-14-18(24,13-21)12-20-6-3-4-7-20/h11,24H,1-10,12-14H2/t18-/m0/s1. The normalized spacial score (nSPS) is 28.0. The van der Waals surface area contributed by atoms with Crippen LogP contribution in [0.25, 0.3) is 0 Å². The number of aliphatic hydroxyl groups is 1. The summed E-state index contributed by atoms with van der Waals surface area (Å²) in [5.74, 6) is -0.0199. The Labute approximate surface area is 148 Å². The molecule has 138 valence electrons. The molecule has 2 fully saturated rings. The first-order chi connectivity index (χ1) is 12.1. The third kappa shape index (κ3) is 3.59. The van der Waals surface area contributed by atoms with E-state index in [1.54, 1.807) is 11.1 Å². The van der Waals surface area contributed by atoms with Gasteiger partial charge in [0, 0.05) is 19.6 Å². The van der Waals surface area contributed by atoms with Crippen molar-refractivity contribution in [3.05, 3.63) is 17.5 Å². The highest BCUT2D eigenvalue weighted by Gasteiger charge is 2.37. The minimum absolute atomic E-state index is 0.0199. The van der Waals surface area contributed by atoms with E-state index in [0.717, 1.165) is 44.6 Å². The number of ether oxygens (including phenoxy) is 1. The molecular weight excluding hydrogens is 320 g/mol. The van der Waals surface area contributed by atoms with Gasteiger partial charge in [-0.1, -0.05) is 0 Å². The van der Waals surface area contributed by atoms with Gasteiger partial charge in [-0.3, -0.25) is 9.48 Å². The van der Waals surface area contributed by atoms with Crippen LogP contribution in [0.4, 0.5) is 0 Å². The summed E-state index contributed by atoms with van der Waals surface area (Å²) in [5.41, 5.74) is 0.749. The molecule has 0 aromatic carbocycles. The summed E-state index contributed by atoms with van der Waals surface area (Å²) in [6.45, 7) is 5.11. The SMILES string of the molecule is O=C(c1cnn2c1CCCC2)N1CCOC[C@](O)(CN2CCCC2)C1. The fourth-order valence-corrected chi connectivity index (χ4v) is 4.31. The van der Waals surface area contributed by atoms with Crippen molar-refractivity contribution in [2.45, 2.75) is 44.2 Å². The summed E-state index contributed by atoms with van der Waals surface area (Å²) in [6, 6.07) is 0. The lowest BCUT2D eigenvalue weighted by Crippen LogP contribution is -2.53. The van der Waals surface area contributed by atoms with Crippen LogP contribution in [0.2, 0.25) is 0 Å². The summed E-state index contributed by atoms with van der Waals surface area (Å²) < 4.78 is 7.60. The molecule has 0 radical (unpaired) electrons. The van der Waals surface area contributed by atoms with Gasteiger partial charge in [0.1, 0.15) is 5.60 Å². The van der Waals surface area contributed by atoms with E-state index in [2.05, 4.69) is 10.00 Å². The number of β-amino-alcohol motifs (C(OH)–C–C–N with tert-alkyl or cyclic N) is 1. The Hall–Kier alpha value is -1.44. The molecule has 0 bridgehead atoms. The first-order valence-electron chi connectivity index (χ1n) is 9.51. The number of hydrogen-bond acceptors (Lipinski definition) is 5. The molecule has 3 aliphatic rings. The van der Waals surface area contributed by atoms with Gasteiger partial charge in [-0.15, -0.1) is 0 Å². The van der Waals surface area contributed by atoms with Crippen molar-refractivity contribution in [2.24, 2.45) is 0 Å². The van der Waals surface area contributed by atoms with Crippen LogP contribution in [0.1, 0.15) is 41.7 Å². The minimum Gasteiger partial charge on any atom is -0.384 e. The molecule has 0 spiro atoms. The predicted molar refractivity (Wildman–Crippen MR) is 92.5 cm³/mol. The maximum Gasteiger partial charge on any atom is 0.257 e. The van der Waals surface area contributed by atoms with Crippen molar-refractivity contribution in [2.75, 3.05) is 45.9 Å². The molecule has 1 N–H and O–H groups in total. The number of aryl methyl sites for hydroxylation is 1. The first kappa shape index (κ1) is 17.0. The van der Waals surface area contributed by atoms with E-state index in [-0.39, 0.29) is 5.91 Å². The third-order valence-electron chi connectivity index (χ3n) is 5.58. The summed E-state index contributed by atoms with van der Waals surface area (Å²) in [5, 5.41) is 15.5. The van der Waals surface area contributed by atoms with Crippen LogP contribution in [0.5, 0.6) is 0 Å². The van der Waals surface area contributed by atoms with Gasteiger partial charge >= 0.3 is 0 Å². The van der Waals surface area contributed by atoms with Gasteiger partial charge in [-0.25, -0.2) is 0 Å². The minimum atomic E-state index is -0.996. The van der Waals surface area contributed by atoms with Crippen molar-refractivity contribution in [1.82, 2.24) is 19.6 Å². The Morgan fingerprint density at radius 2 is 2.00 bits per heavy atom. The summed E-state index contributed by atoms with van der Waals surface area (Å²) in [7, 11) is 0. The number of carbonyl (C=O) groups excluding carboxylic acids is 1. The molecule has 4 heterocycles. The fourth-order valence-electron chi connectivity index (χ4n) is 4.31. The summed E-state index contributed by atoms with van der Waals surface area (Å²) in [4.78, 5) is 17.1. The quantitative estimate of drug-likeness (QED) is 0.862. The van der Waals surface area contributed by atoms with Crippen LogP contribution in [0.15, 0.2) is 6.20 Å². The van der Waals surface area contributed by atoms with Gasteiger partial charge < -0.3 is 19.6 Å². The lowest BCUT2D eigenvalue weighted by Gasteiger charge is -2.34. The van der Waals surface area contributed by atoms with E-state index in [1.165, 1.54) is 12.8 Å². The van der Waals surface area contributed by atoms with Gasteiger partial charge in [-0.05, 0) is 45.2 Å². The second-order valence-corrected chi connectivity index (χ2v) is 7.67. The highest BCUT2D eigenvalue weighted by atomic mass is 16.5. The molecule has 1 atom stereocenters. The van der Waals surface area contributed by atoms with E-state index in [4.69, 9.17) is 4.74 Å². The highest BCUT2D eigenvalue weighted by molar-refractivity contribution is 5.95. The van der Waals surface area contributed by atoms with Crippen LogP contribution in [-0.2, 0) is 17.7 Å². The monoisotopic (exact) mass is 348 g/mol. The van der Waals surface area contributed by atoms with Gasteiger partial charge in [-0.2, -0.15) is 5.10 Å². The summed E-state index contributed by atoms with van der Waals surface area (Å²) in [6.07, 6.45) is 7.20. The molecule has 0 unspecified atom stereocenters. The van der Waals surface area contributed by atoms with Crippen molar-refractivity contribution >= 4 is 5.91 Å². The van der Waals surface area contributed by atoms with E-state index in [1.807, 2.05) is 4.68 Å². The number of likely N-dealkylation sites (tertiary alicyclic amines) is 1. The van der Waals surface area contributed by atoms with Gasteiger partial charge in [0.2, 0.25) is 0 Å². The molecule has 7 heteroatoms. The number of hydrogen-bond donors (Lipinski definition) is 1. The average Bonchev–Trinajstić information content (AvgIpc) is 3.22. The zero-order chi connectivity index (χ0) is 17.3. The van der Waals surface area contributed by atoms with E-state index < -0.39 is 5.60 Å². The maximum absolute atomic E-state index is 13.1. The number of aromatic nitrogens is 2. The highest BCUT2D eigenvalue weighted by Crippen LogP contribution is 2.23. The molecule has 7 nitrogen and oxygen atoms in total. The number of amides is 1. The third-order valence-corrected chi connectivity index (χ3v) is 5.58. The number of fused-ring (bicyclic) bond motifs is 1. The van der Waals surface area contributed by atoms with Crippen LogP contribution in [0, 0.1) is 0 Å². The van der Waals surface area contributed by atoms with Crippen molar-refractivity contribution < 1.29 is 14.6 Å². The van der Waals surface area contributed by atoms with Crippen LogP contribution in [-0.4, -0.2) is 82.1 Å². The van der Waals surface area contributed by atoms with E-state index >= 15 is 0 Å². The lowest BCUT2D eigenvalue weighted by atomic mass is 10.0. The molecule has 4 rings (SSSR count). The Morgan fingerprint density at radius 1 is 1.20 bits per heavy atom. The Morgan fingerprint density at radius 3 is 2.84 bits per heavy atom. The van der Waals surface area contributed by atoms with Crippen LogP contribution >= 0.6 is 0 Å². The van der Waals surface area contributed by atoms with Crippen molar-refractivity contribution in [1.29, 1.82) is 0 Å². The number of nitrogens with zero attached hydrogens (tertiary/aromatic N) is 4. The Kier molecular flexibility index (Phi) is 4.80. The van der Waals surface area contributed by atoms with Crippen LogP contribution < -0.4 is 0 Å². The molecule has 25 heavy (non-hydrogen) atoms. The van der Waals surface area contributed by atoms with Crippen LogP contribution in [0.3, 0.4) is 0 Å². The van der Waals surface area contributed by atoms with E-state index in [0.29, 0.717) is 38.4 Å². The van der Waals surface area contributed by atoms with Gasteiger partial charge in [0.25, 0.3) is 5.91 Å². The fraction of sp³-hybridized carbons (Fsp3) is 0.778. The topological polar surface area (TPSA) is 70.8 Å².